The monoisotopic (exact) mass is 181 g/mol. The molecule has 1 aromatic rings. The maximum atomic E-state index is 10.2. The van der Waals surface area contributed by atoms with Crippen LogP contribution in [0.25, 0.3) is 0 Å². The lowest BCUT2D eigenvalue weighted by molar-refractivity contribution is 0.372. The predicted octanol–water partition coefficient (Wildman–Crippen LogP) is 2.23. The van der Waals surface area contributed by atoms with Crippen LogP contribution in [0.15, 0.2) is 23.4 Å². The molecule has 4 nitrogen and oxygen atoms in total. The zero-order valence-electron chi connectivity index (χ0n) is 7.52. The van der Waals surface area contributed by atoms with E-state index in [0.29, 0.717) is 5.75 Å². The van der Waals surface area contributed by atoms with Crippen LogP contribution in [0.4, 0.5) is 0 Å². The normalized spacial score (nSPS) is 12.2. The van der Waals surface area contributed by atoms with Crippen LogP contribution in [0.1, 0.15) is 18.5 Å². The third-order valence-corrected chi connectivity index (χ3v) is 1.84. The summed E-state index contributed by atoms with van der Waals surface area (Å²) in [4.78, 5) is 10.2. The number of methoxy groups -OCH3 is 1. The van der Waals surface area contributed by atoms with Gasteiger partial charge in [0.15, 0.2) is 11.5 Å². The van der Waals surface area contributed by atoms with Gasteiger partial charge in [0.2, 0.25) is 0 Å². The van der Waals surface area contributed by atoms with Gasteiger partial charge in [0, 0.05) is 0 Å². The van der Waals surface area contributed by atoms with E-state index in [0.717, 1.165) is 5.56 Å². The van der Waals surface area contributed by atoms with E-state index in [1.165, 1.54) is 13.2 Å². The molecule has 0 saturated carbocycles. The van der Waals surface area contributed by atoms with Gasteiger partial charge in [0.05, 0.1) is 7.11 Å². The van der Waals surface area contributed by atoms with Crippen LogP contribution < -0.4 is 4.74 Å². The van der Waals surface area contributed by atoms with Crippen molar-refractivity contribution >= 4 is 0 Å². The Hall–Kier alpha value is -1.58. The summed E-state index contributed by atoms with van der Waals surface area (Å²) in [6, 6.07) is 4.30. The predicted molar refractivity (Wildman–Crippen MR) is 48.9 cm³/mol. The number of ether oxygens (including phenoxy) is 1. The standard InChI is InChI=1S/C9H11NO3/c1-6(10-12)7-3-4-8(11)9(5-7)13-2/h3-6,11H,1-2H3. The average Bonchev–Trinajstić information content (AvgIpc) is 2.17. The molecule has 4 heteroatoms. The van der Waals surface area contributed by atoms with Crippen molar-refractivity contribution in [3.8, 4) is 11.5 Å². The van der Waals surface area contributed by atoms with Crippen molar-refractivity contribution in [3.05, 3.63) is 28.7 Å². The lowest BCUT2D eigenvalue weighted by atomic mass is 10.1. The van der Waals surface area contributed by atoms with Crippen LogP contribution in [0.5, 0.6) is 11.5 Å². The van der Waals surface area contributed by atoms with Gasteiger partial charge in [-0.1, -0.05) is 11.2 Å². The summed E-state index contributed by atoms with van der Waals surface area (Å²) in [5, 5.41) is 12.1. The molecule has 0 aliphatic heterocycles. The molecule has 0 bridgehead atoms. The fraction of sp³-hybridized carbons (Fsp3) is 0.333. The Morgan fingerprint density at radius 2 is 2.23 bits per heavy atom. The molecular formula is C9H11NO3. The Labute approximate surface area is 76.1 Å². The second-order valence-electron chi connectivity index (χ2n) is 2.71. The first kappa shape index (κ1) is 9.51. The van der Waals surface area contributed by atoms with E-state index < -0.39 is 6.04 Å². The van der Waals surface area contributed by atoms with Gasteiger partial charge in [0.25, 0.3) is 0 Å². The van der Waals surface area contributed by atoms with E-state index in [4.69, 9.17) is 4.74 Å². The zero-order chi connectivity index (χ0) is 9.84. The summed E-state index contributed by atoms with van der Waals surface area (Å²) >= 11 is 0. The quantitative estimate of drug-likeness (QED) is 0.727. The molecule has 0 spiro atoms. The van der Waals surface area contributed by atoms with Gasteiger partial charge < -0.3 is 9.84 Å². The summed E-state index contributed by atoms with van der Waals surface area (Å²) in [7, 11) is 1.46. The van der Waals surface area contributed by atoms with Gasteiger partial charge in [-0.2, -0.15) is 4.91 Å². The number of hydrogen-bond acceptors (Lipinski definition) is 4. The highest BCUT2D eigenvalue weighted by Gasteiger charge is 2.08. The van der Waals surface area contributed by atoms with Crippen molar-refractivity contribution < 1.29 is 9.84 Å². The summed E-state index contributed by atoms with van der Waals surface area (Å²) in [5.74, 6) is 0.414. The van der Waals surface area contributed by atoms with Gasteiger partial charge in [-0.15, -0.1) is 0 Å². The Balaban J connectivity index is 3.05. The first-order valence-corrected chi connectivity index (χ1v) is 3.88. The van der Waals surface area contributed by atoms with Crippen molar-refractivity contribution in [1.82, 2.24) is 0 Å². The van der Waals surface area contributed by atoms with Crippen molar-refractivity contribution in [2.75, 3.05) is 7.11 Å². The lowest BCUT2D eigenvalue weighted by Gasteiger charge is -2.07. The molecule has 0 heterocycles. The number of rotatable bonds is 3. The molecule has 1 atom stereocenters. The molecule has 1 aromatic carbocycles. The number of benzene rings is 1. The summed E-state index contributed by atoms with van der Waals surface area (Å²) in [5.41, 5.74) is 0.727. The van der Waals surface area contributed by atoms with Crippen LogP contribution in [-0.4, -0.2) is 12.2 Å². The largest absolute Gasteiger partial charge is 0.504 e. The van der Waals surface area contributed by atoms with Crippen molar-refractivity contribution in [3.63, 3.8) is 0 Å². The fourth-order valence-electron chi connectivity index (χ4n) is 1.01. The smallest absolute Gasteiger partial charge is 0.160 e. The highest BCUT2D eigenvalue weighted by molar-refractivity contribution is 5.42. The Morgan fingerprint density at radius 1 is 1.54 bits per heavy atom. The number of hydrogen-bond donors (Lipinski definition) is 1. The van der Waals surface area contributed by atoms with Gasteiger partial charge in [-0.3, -0.25) is 0 Å². The molecular weight excluding hydrogens is 170 g/mol. The number of nitroso groups, excluding NO2 is 1. The van der Waals surface area contributed by atoms with E-state index in [2.05, 4.69) is 5.18 Å². The molecule has 0 fully saturated rings. The minimum absolute atomic E-state index is 0.0596. The first-order chi connectivity index (χ1) is 6.19. The Kier molecular flexibility index (Phi) is 2.84. The average molecular weight is 181 g/mol. The minimum atomic E-state index is -0.422. The van der Waals surface area contributed by atoms with Gasteiger partial charge >= 0.3 is 0 Å². The maximum absolute atomic E-state index is 10.2. The van der Waals surface area contributed by atoms with Crippen LogP contribution in [0.3, 0.4) is 0 Å². The molecule has 0 aliphatic rings. The van der Waals surface area contributed by atoms with Crippen molar-refractivity contribution in [1.29, 1.82) is 0 Å². The molecule has 0 amide bonds. The highest BCUT2D eigenvalue weighted by atomic mass is 16.5. The molecule has 0 aliphatic carbocycles. The second-order valence-corrected chi connectivity index (χ2v) is 2.71. The number of phenolic OH excluding ortho intramolecular Hbond substituents is 1. The Morgan fingerprint density at radius 3 is 2.77 bits per heavy atom. The van der Waals surface area contributed by atoms with Crippen LogP contribution in [0, 0.1) is 4.91 Å². The molecule has 0 aromatic heterocycles. The summed E-state index contributed by atoms with van der Waals surface area (Å²) in [6.07, 6.45) is 0. The van der Waals surface area contributed by atoms with Gasteiger partial charge in [-0.05, 0) is 24.6 Å². The Bertz CT molecular complexity index is 312. The molecule has 0 radical (unpaired) electrons. The van der Waals surface area contributed by atoms with E-state index in [1.807, 2.05) is 0 Å². The molecule has 0 saturated heterocycles. The zero-order valence-corrected chi connectivity index (χ0v) is 7.52. The number of nitrogens with zero attached hydrogens (tertiary/aromatic N) is 1. The van der Waals surface area contributed by atoms with E-state index in [9.17, 15) is 10.0 Å². The molecule has 70 valence electrons. The highest BCUT2D eigenvalue weighted by Crippen LogP contribution is 2.29. The van der Waals surface area contributed by atoms with Crippen molar-refractivity contribution in [2.24, 2.45) is 5.18 Å². The summed E-state index contributed by atoms with van der Waals surface area (Å²) < 4.78 is 4.89. The SMILES string of the molecule is COc1cc(C(C)N=O)ccc1O. The summed E-state index contributed by atoms with van der Waals surface area (Å²) in [6.45, 7) is 1.68. The van der Waals surface area contributed by atoms with Crippen LogP contribution in [0.2, 0.25) is 0 Å². The maximum Gasteiger partial charge on any atom is 0.160 e. The van der Waals surface area contributed by atoms with Crippen LogP contribution >= 0.6 is 0 Å². The fourth-order valence-corrected chi connectivity index (χ4v) is 1.01. The van der Waals surface area contributed by atoms with Crippen molar-refractivity contribution in [2.45, 2.75) is 13.0 Å². The topological polar surface area (TPSA) is 58.9 Å². The number of phenols is 1. The lowest BCUT2D eigenvalue weighted by Crippen LogP contribution is -1.90. The third-order valence-electron chi connectivity index (χ3n) is 1.84. The first-order valence-electron chi connectivity index (χ1n) is 3.88. The minimum Gasteiger partial charge on any atom is -0.504 e. The van der Waals surface area contributed by atoms with Crippen LogP contribution in [-0.2, 0) is 0 Å². The molecule has 1 rings (SSSR count). The molecule has 13 heavy (non-hydrogen) atoms. The molecule has 1 unspecified atom stereocenters. The molecule has 1 N–H and O–H groups in total. The third kappa shape index (κ3) is 1.96. The van der Waals surface area contributed by atoms with Gasteiger partial charge in [-0.25, -0.2) is 0 Å². The second kappa shape index (κ2) is 3.89. The van der Waals surface area contributed by atoms with Gasteiger partial charge in [0.1, 0.15) is 6.04 Å². The van der Waals surface area contributed by atoms with E-state index in [-0.39, 0.29) is 5.75 Å². The van der Waals surface area contributed by atoms with E-state index in [1.54, 1.807) is 19.1 Å². The number of aromatic hydroxyl groups is 1. The van der Waals surface area contributed by atoms with E-state index >= 15 is 0 Å².